The van der Waals surface area contributed by atoms with E-state index in [4.69, 9.17) is 5.11 Å². The van der Waals surface area contributed by atoms with Gasteiger partial charge in [0.05, 0.1) is 6.61 Å². The van der Waals surface area contributed by atoms with Crippen LogP contribution in [0.4, 0.5) is 5.69 Å². The Morgan fingerprint density at radius 2 is 2.35 bits per heavy atom. The number of anilines is 1. The van der Waals surface area contributed by atoms with E-state index in [-0.39, 0.29) is 12.6 Å². The molecule has 0 saturated carbocycles. The molecule has 3 heteroatoms. The lowest BCUT2D eigenvalue weighted by atomic mass is 10.0. The second-order valence-corrected chi connectivity index (χ2v) is 4.69. The van der Waals surface area contributed by atoms with Crippen LogP contribution in [0.5, 0.6) is 0 Å². The number of hydrogen-bond acceptors (Lipinski definition) is 3. The standard InChI is InChI=1S/C14H22N2O/c1-2-13(10-17)16-9-11-5-6-14-12(8-11)4-3-7-15-14/h5-6,8,13,15-17H,2-4,7,9-10H2,1H3. The molecule has 3 N–H and O–H groups in total. The van der Waals surface area contributed by atoms with E-state index in [0.29, 0.717) is 0 Å². The Balaban J connectivity index is 1.97. The van der Waals surface area contributed by atoms with Crippen molar-refractivity contribution in [2.24, 2.45) is 0 Å². The van der Waals surface area contributed by atoms with Gasteiger partial charge in [0.1, 0.15) is 0 Å². The van der Waals surface area contributed by atoms with Crippen molar-refractivity contribution in [3.05, 3.63) is 29.3 Å². The molecule has 1 heterocycles. The van der Waals surface area contributed by atoms with Crippen LogP contribution < -0.4 is 10.6 Å². The van der Waals surface area contributed by atoms with Crippen molar-refractivity contribution in [1.82, 2.24) is 5.32 Å². The van der Waals surface area contributed by atoms with Crippen LogP contribution in [0.15, 0.2) is 18.2 Å². The number of hydrogen-bond donors (Lipinski definition) is 3. The van der Waals surface area contributed by atoms with Gasteiger partial charge in [-0.15, -0.1) is 0 Å². The molecule has 0 amide bonds. The quantitative estimate of drug-likeness (QED) is 0.729. The van der Waals surface area contributed by atoms with E-state index in [1.165, 1.54) is 29.7 Å². The molecule has 0 bridgehead atoms. The Morgan fingerprint density at radius 3 is 3.12 bits per heavy atom. The van der Waals surface area contributed by atoms with Gasteiger partial charge in [0.15, 0.2) is 0 Å². The average Bonchev–Trinajstić information content (AvgIpc) is 2.40. The second-order valence-electron chi connectivity index (χ2n) is 4.69. The van der Waals surface area contributed by atoms with E-state index in [1.807, 2.05) is 0 Å². The summed E-state index contributed by atoms with van der Waals surface area (Å²) in [5.74, 6) is 0. The van der Waals surface area contributed by atoms with E-state index < -0.39 is 0 Å². The number of rotatable bonds is 5. The summed E-state index contributed by atoms with van der Waals surface area (Å²) in [5.41, 5.74) is 4.01. The number of aliphatic hydroxyl groups is 1. The minimum atomic E-state index is 0.211. The summed E-state index contributed by atoms with van der Waals surface area (Å²) >= 11 is 0. The lowest BCUT2D eigenvalue weighted by Gasteiger charge is -2.19. The minimum absolute atomic E-state index is 0.211. The molecule has 1 aliphatic rings. The lowest BCUT2D eigenvalue weighted by molar-refractivity contribution is 0.238. The summed E-state index contributed by atoms with van der Waals surface area (Å²) in [4.78, 5) is 0. The highest BCUT2D eigenvalue weighted by Gasteiger charge is 2.09. The third kappa shape index (κ3) is 3.20. The summed E-state index contributed by atoms with van der Waals surface area (Å²) in [6.45, 7) is 4.23. The largest absolute Gasteiger partial charge is 0.395 e. The summed E-state index contributed by atoms with van der Waals surface area (Å²) in [5, 5.41) is 15.9. The van der Waals surface area contributed by atoms with Gasteiger partial charge in [0.2, 0.25) is 0 Å². The fourth-order valence-corrected chi connectivity index (χ4v) is 2.24. The lowest BCUT2D eigenvalue weighted by Crippen LogP contribution is -2.31. The summed E-state index contributed by atoms with van der Waals surface area (Å²) in [6.07, 6.45) is 3.36. The average molecular weight is 234 g/mol. The number of aliphatic hydroxyl groups excluding tert-OH is 1. The van der Waals surface area contributed by atoms with Gasteiger partial charge in [-0.2, -0.15) is 0 Å². The van der Waals surface area contributed by atoms with Crippen LogP contribution >= 0.6 is 0 Å². The number of nitrogens with one attached hydrogen (secondary N) is 2. The summed E-state index contributed by atoms with van der Waals surface area (Å²) in [7, 11) is 0. The van der Waals surface area contributed by atoms with Gasteiger partial charge in [-0.25, -0.2) is 0 Å². The van der Waals surface area contributed by atoms with Crippen molar-refractivity contribution in [3.63, 3.8) is 0 Å². The second kappa shape index (κ2) is 6.03. The van der Waals surface area contributed by atoms with E-state index in [1.54, 1.807) is 0 Å². The molecule has 0 aromatic heterocycles. The normalized spacial score (nSPS) is 16.1. The molecule has 94 valence electrons. The van der Waals surface area contributed by atoms with Crippen molar-refractivity contribution in [1.29, 1.82) is 0 Å². The van der Waals surface area contributed by atoms with Crippen molar-refractivity contribution < 1.29 is 5.11 Å². The molecule has 17 heavy (non-hydrogen) atoms. The fourth-order valence-electron chi connectivity index (χ4n) is 2.24. The highest BCUT2D eigenvalue weighted by molar-refractivity contribution is 5.54. The first kappa shape index (κ1) is 12.4. The zero-order valence-corrected chi connectivity index (χ0v) is 10.5. The van der Waals surface area contributed by atoms with Gasteiger partial charge in [0, 0.05) is 24.8 Å². The van der Waals surface area contributed by atoms with Crippen molar-refractivity contribution >= 4 is 5.69 Å². The molecule has 0 radical (unpaired) electrons. The van der Waals surface area contributed by atoms with Crippen LogP contribution in [0.25, 0.3) is 0 Å². The molecule has 3 nitrogen and oxygen atoms in total. The zero-order valence-electron chi connectivity index (χ0n) is 10.5. The molecular formula is C14H22N2O. The van der Waals surface area contributed by atoms with Crippen LogP contribution in [0.3, 0.4) is 0 Å². The molecule has 0 spiro atoms. The van der Waals surface area contributed by atoms with E-state index in [0.717, 1.165) is 19.5 Å². The van der Waals surface area contributed by atoms with Crippen LogP contribution in [0.2, 0.25) is 0 Å². The highest BCUT2D eigenvalue weighted by atomic mass is 16.3. The maximum atomic E-state index is 9.12. The maximum Gasteiger partial charge on any atom is 0.0584 e. The van der Waals surface area contributed by atoms with Crippen molar-refractivity contribution in [3.8, 4) is 0 Å². The zero-order chi connectivity index (χ0) is 12.1. The van der Waals surface area contributed by atoms with Crippen LogP contribution in [-0.2, 0) is 13.0 Å². The van der Waals surface area contributed by atoms with Crippen LogP contribution in [-0.4, -0.2) is 24.3 Å². The monoisotopic (exact) mass is 234 g/mol. The first-order valence-corrected chi connectivity index (χ1v) is 6.53. The SMILES string of the molecule is CCC(CO)NCc1ccc2c(c1)CCCN2. The summed E-state index contributed by atoms with van der Waals surface area (Å²) in [6, 6.07) is 6.82. The van der Waals surface area contributed by atoms with Gasteiger partial charge in [-0.1, -0.05) is 19.1 Å². The molecular weight excluding hydrogens is 212 g/mol. The van der Waals surface area contributed by atoms with Gasteiger partial charge >= 0.3 is 0 Å². The van der Waals surface area contributed by atoms with E-state index in [9.17, 15) is 0 Å². The van der Waals surface area contributed by atoms with E-state index >= 15 is 0 Å². The molecule has 1 unspecified atom stereocenters. The molecule has 1 aliphatic heterocycles. The molecule has 2 rings (SSSR count). The molecule has 0 saturated heterocycles. The molecule has 1 aromatic carbocycles. The van der Waals surface area contributed by atoms with Crippen molar-refractivity contribution in [2.75, 3.05) is 18.5 Å². The Labute approximate surface area is 103 Å². The van der Waals surface area contributed by atoms with Crippen molar-refractivity contribution in [2.45, 2.75) is 38.8 Å². The first-order chi connectivity index (χ1) is 8.33. The third-order valence-electron chi connectivity index (χ3n) is 3.42. The van der Waals surface area contributed by atoms with Gasteiger partial charge in [0.25, 0.3) is 0 Å². The first-order valence-electron chi connectivity index (χ1n) is 6.53. The van der Waals surface area contributed by atoms with Gasteiger partial charge < -0.3 is 15.7 Å². The molecule has 1 aromatic rings. The van der Waals surface area contributed by atoms with E-state index in [2.05, 4.69) is 35.8 Å². The minimum Gasteiger partial charge on any atom is -0.395 e. The predicted molar refractivity (Wildman–Crippen MR) is 71.3 cm³/mol. The Bertz CT molecular complexity index is 361. The number of aryl methyl sites for hydroxylation is 1. The summed E-state index contributed by atoms with van der Waals surface area (Å²) < 4.78 is 0. The predicted octanol–water partition coefficient (Wildman–Crippen LogP) is 1.91. The van der Waals surface area contributed by atoms with Gasteiger partial charge in [-0.3, -0.25) is 0 Å². The molecule has 0 aliphatic carbocycles. The van der Waals surface area contributed by atoms with Crippen LogP contribution in [0, 0.1) is 0 Å². The maximum absolute atomic E-state index is 9.12. The molecule has 1 atom stereocenters. The smallest absolute Gasteiger partial charge is 0.0584 e. The van der Waals surface area contributed by atoms with Gasteiger partial charge in [-0.05, 0) is 36.5 Å². The highest BCUT2D eigenvalue weighted by Crippen LogP contribution is 2.22. The topological polar surface area (TPSA) is 44.3 Å². The Morgan fingerprint density at radius 1 is 1.47 bits per heavy atom. The fraction of sp³-hybridized carbons (Fsp3) is 0.571. The third-order valence-corrected chi connectivity index (χ3v) is 3.42. The molecule has 0 fully saturated rings. The van der Waals surface area contributed by atoms with Crippen LogP contribution in [0.1, 0.15) is 30.9 Å². The number of benzene rings is 1. The Kier molecular flexibility index (Phi) is 4.40. The Hall–Kier alpha value is -1.06. The number of fused-ring (bicyclic) bond motifs is 1.